The summed E-state index contributed by atoms with van der Waals surface area (Å²) >= 11 is 9.21. The molecule has 0 bridgehead atoms. The average Bonchev–Trinajstić information content (AvgIpc) is 2.79. The first-order valence-corrected chi connectivity index (χ1v) is 6.37. The number of rotatable bonds is 3. The molecule has 2 aromatic heterocycles. The predicted octanol–water partition coefficient (Wildman–Crippen LogP) is 2.98. The highest BCUT2D eigenvalue weighted by atomic mass is 79.9. The van der Waals surface area contributed by atoms with E-state index in [-0.39, 0.29) is 22.2 Å². The van der Waals surface area contributed by atoms with E-state index in [1.165, 1.54) is 23.8 Å². The van der Waals surface area contributed by atoms with Crippen LogP contribution in [0.4, 0.5) is 5.69 Å². The van der Waals surface area contributed by atoms with Gasteiger partial charge in [-0.1, -0.05) is 11.6 Å². The lowest BCUT2D eigenvalue weighted by atomic mass is 10.4. The molecule has 104 valence electrons. The van der Waals surface area contributed by atoms with Crippen LogP contribution in [0.15, 0.2) is 29.0 Å². The highest BCUT2D eigenvalue weighted by Gasteiger charge is 2.19. The molecule has 0 aromatic carbocycles. The zero-order chi connectivity index (χ0) is 14.9. The van der Waals surface area contributed by atoms with Gasteiger partial charge in [0.05, 0.1) is 17.1 Å². The van der Waals surface area contributed by atoms with E-state index in [0.717, 1.165) is 6.20 Å². The minimum absolute atomic E-state index is 0.0486. The van der Waals surface area contributed by atoms with Crippen LogP contribution in [0.3, 0.4) is 0 Å². The fourth-order valence-corrected chi connectivity index (χ4v) is 2.24. The van der Waals surface area contributed by atoms with E-state index < -0.39 is 10.9 Å². The number of nitrogens with zero attached hydrogens (tertiary/aromatic N) is 3. The van der Waals surface area contributed by atoms with Gasteiger partial charge in [-0.2, -0.15) is 0 Å². The number of methoxy groups -OCH3 is 1. The molecule has 0 atom stereocenters. The van der Waals surface area contributed by atoms with Crippen molar-refractivity contribution < 1.29 is 14.5 Å². The number of hydrogen-bond donors (Lipinski definition) is 0. The smallest absolute Gasteiger partial charge is 0.355 e. The molecule has 0 radical (unpaired) electrons. The summed E-state index contributed by atoms with van der Waals surface area (Å²) in [4.78, 5) is 25.6. The average molecular weight is 361 g/mol. The van der Waals surface area contributed by atoms with Crippen molar-refractivity contribution in [1.82, 2.24) is 9.55 Å². The second-order valence-corrected chi connectivity index (χ2v) is 4.98. The van der Waals surface area contributed by atoms with E-state index in [9.17, 15) is 14.9 Å². The number of ether oxygens (including phenoxy) is 1. The summed E-state index contributed by atoms with van der Waals surface area (Å²) in [6, 6.07) is 2.70. The number of pyridine rings is 1. The number of halogens is 2. The first-order chi connectivity index (χ1) is 9.43. The molecule has 0 saturated carbocycles. The summed E-state index contributed by atoms with van der Waals surface area (Å²) in [6.45, 7) is 0. The standard InChI is InChI=1S/C11H7BrClN3O4/c1-20-11(17)9-2-6(12)5-15(9)10-8(13)3-7(4-14-10)16(18)19/h2-5H,1H3. The quantitative estimate of drug-likeness (QED) is 0.477. The van der Waals surface area contributed by atoms with Crippen molar-refractivity contribution in [3.63, 3.8) is 0 Å². The topological polar surface area (TPSA) is 87.3 Å². The molecule has 2 rings (SSSR count). The SMILES string of the molecule is COC(=O)c1cc(Br)cn1-c1ncc([N+](=O)[O-])cc1Cl. The maximum Gasteiger partial charge on any atom is 0.355 e. The Hall–Kier alpha value is -1.93. The number of carbonyl (C=O) groups is 1. The van der Waals surface area contributed by atoms with Crippen molar-refractivity contribution in [2.45, 2.75) is 0 Å². The molecule has 0 unspecified atom stereocenters. The number of carbonyl (C=O) groups excluding carboxylic acids is 1. The van der Waals surface area contributed by atoms with Crippen molar-refractivity contribution in [3.05, 3.63) is 49.8 Å². The Kier molecular flexibility index (Phi) is 4.05. The van der Waals surface area contributed by atoms with Crippen LogP contribution >= 0.6 is 27.5 Å². The molecule has 9 heteroatoms. The number of esters is 1. The Morgan fingerprint density at radius 3 is 2.80 bits per heavy atom. The number of hydrogen-bond acceptors (Lipinski definition) is 5. The van der Waals surface area contributed by atoms with Gasteiger partial charge in [0.1, 0.15) is 11.9 Å². The van der Waals surface area contributed by atoms with Crippen LogP contribution < -0.4 is 0 Å². The third-order valence-corrected chi connectivity index (χ3v) is 3.14. The molecule has 0 saturated heterocycles. The fraction of sp³-hybridized carbons (Fsp3) is 0.0909. The van der Waals surface area contributed by atoms with Gasteiger partial charge in [-0.05, 0) is 22.0 Å². The summed E-state index contributed by atoms with van der Waals surface area (Å²) in [5.74, 6) is -0.379. The van der Waals surface area contributed by atoms with Crippen LogP contribution in [0.2, 0.25) is 5.02 Å². The summed E-state index contributed by atoms with van der Waals surface area (Å²) in [5.41, 5.74) is -0.0350. The van der Waals surface area contributed by atoms with Crippen LogP contribution in [0.5, 0.6) is 0 Å². The normalized spacial score (nSPS) is 10.3. The van der Waals surface area contributed by atoms with Crippen LogP contribution in [-0.2, 0) is 4.74 Å². The lowest BCUT2D eigenvalue weighted by Gasteiger charge is -2.08. The highest BCUT2D eigenvalue weighted by Crippen LogP contribution is 2.27. The zero-order valence-corrected chi connectivity index (χ0v) is 12.4. The Bertz CT molecular complexity index is 701. The van der Waals surface area contributed by atoms with Gasteiger partial charge in [0.25, 0.3) is 5.69 Å². The highest BCUT2D eigenvalue weighted by molar-refractivity contribution is 9.10. The molecule has 7 nitrogen and oxygen atoms in total. The van der Waals surface area contributed by atoms with Gasteiger partial charge in [0, 0.05) is 16.7 Å². The lowest BCUT2D eigenvalue weighted by Crippen LogP contribution is -2.10. The van der Waals surface area contributed by atoms with Gasteiger partial charge >= 0.3 is 5.97 Å². The summed E-state index contributed by atoms with van der Waals surface area (Å²) in [7, 11) is 1.25. The van der Waals surface area contributed by atoms with Gasteiger partial charge in [0.2, 0.25) is 0 Å². The maximum absolute atomic E-state index is 11.7. The molecule has 0 N–H and O–H groups in total. The zero-order valence-electron chi connectivity index (χ0n) is 10.0. The molecule has 0 amide bonds. The van der Waals surface area contributed by atoms with E-state index >= 15 is 0 Å². The third-order valence-electron chi connectivity index (χ3n) is 2.43. The second-order valence-electron chi connectivity index (χ2n) is 3.66. The summed E-state index contributed by atoms with van der Waals surface area (Å²) in [5, 5.41) is 10.7. The number of nitro groups is 1. The Morgan fingerprint density at radius 2 is 2.25 bits per heavy atom. The van der Waals surface area contributed by atoms with Gasteiger partial charge < -0.3 is 4.74 Å². The predicted molar refractivity (Wildman–Crippen MR) is 74.3 cm³/mol. The molecular weight excluding hydrogens is 353 g/mol. The van der Waals surface area contributed by atoms with Crippen LogP contribution in [0.25, 0.3) is 5.82 Å². The largest absolute Gasteiger partial charge is 0.464 e. The first kappa shape index (κ1) is 14.5. The van der Waals surface area contributed by atoms with Crippen LogP contribution in [-0.4, -0.2) is 27.6 Å². The van der Waals surface area contributed by atoms with E-state index in [2.05, 4.69) is 25.7 Å². The summed E-state index contributed by atoms with van der Waals surface area (Å²) in [6.07, 6.45) is 2.63. The van der Waals surface area contributed by atoms with E-state index in [0.29, 0.717) is 4.47 Å². The second kappa shape index (κ2) is 5.59. The number of aromatic nitrogens is 2. The molecule has 0 aliphatic heterocycles. The third kappa shape index (κ3) is 2.66. The van der Waals surface area contributed by atoms with Gasteiger partial charge in [-0.25, -0.2) is 9.78 Å². The molecule has 20 heavy (non-hydrogen) atoms. The maximum atomic E-state index is 11.7. The van der Waals surface area contributed by atoms with Crippen LogP contribution in [0.1, 0.15) is 10.5 Å². The molecule has 0 aliphatic carbocycles. The van der Waals surface area contributed by atoms with Crippen molar-refractivity contribution in [3.8, 4) is 5.82 Å². The van der Waals surface area contributed by atoms with Crippen molar-refractivity contribution in [2.24, 2.45) is 0 Å². The van der Waals surface area contributed by atoms with Crippen molar-refractivity contribution >= 4 is 39.2 Å². The van der Waals surface area contributed by atoms with E-state index in [1.807, 2.05) is 0 Å². The fourth-order valence-electron chi connectivity index (χ4n) is 1.57. The molecule has 0 spiro atoms. The minimum atomic E-state index is -0.602. The Balaban J connectivity index is 2.57. The first-order valence-electron chi connectivity index (χ1n) is 5.20. The molecule has 0 aliphatic rings. The lowest BCUT2D eigenvalue weighted by molar-refractivity contribution is -0.385. The van der Waals surface area contributed by atoms with Gasteiger partial charge in [-0.15, -0.1) is 0 Å². The van der Waals surface area contributed by atoms with Crippen molar-refractivity contribution in [1.29, 1.82) is 0 Å². The molecular formula is C11H7BrClN3O4. The van der Waals surface area contributed by atoms with Gasteiger partial charge in [-0.3, -0.25) is 14.7 Å². The molecule has 0 fully saturated rings. The Labute approximate surface area is 126 Å². The minimum Gasteiger partial charge on any atom is -0.464 e. The molecule has 2 aromatic rings. The van der Waals surface area contributed by atoms with Crippen molar-refractivity contribution in [2.75, 3.05) is 7.11 Å². The van der Waals surface area contributed by atoms with E-state index in [1.54, 1.807) is 6.20 Å². The molecule has 2 heterocycles. The van der Waals surface area contributed by atoms with E-state index in [4.69, 9.17) is 11.6 Å². The van der Waals surface area contributed by atoms with Crippen LogP contribution in [0, 0.1) is 10.1 Å². The Morgan fingerprint density at radius 1 is 1.55 bits per heavy atom. The van der Waals surface area contributed by atoms with Gasteiger partial charge in [0.15, 0.2) is 5.82 Å². The summed E-state index contributed by atoms with van der Waals surface area (Å²) < 4.78 is 6.66. The monoisotopic (exact) mass is 359 g/mol.